The van der Waals surface area contributed by atoms with Crippen molar-refractivity contribution >= 4 is 5.69 Å². The van der Waals surface area contributed by atoms with Gasteiger partial charge >= 0.3 is 0 Å². The molecule has 0 bridgehead atoms. The fourth-order valence-electron chi connectivity index (χ4n) is 3.27. The molecule has 4 heteroatoms. The molecule has 1 aromatic rings. The second-order valence-corrected chi connectivity index (χ2v) is 5.63. The standard InChI is InChI=1S/C17H29N3O/c1-4-16(20-11-9-18-10-12-20)15-8-7-14(13-17(15)21)19(5-2)6-3/h7-8,13,16,18,21H,4-6,9-12H2,1-3H3/t16-/m0/s1. The zero-order valence-corrected chi connectivity index (χ0v) is 13.6. The maximum atomic E-state index is 10.5. The van der Waals surface area contributed by atoms with E-state index in [0.29, 0.717) is 11.8 Å². The molecule has 1 fully saturated rings. The Labute approximate surface area is 128 Å². The molecule has 1 atom stereocenters. The quantitative estimate of drug-likeness (QED) is 0.845. The molecular weight excluding hydrogens is 262 g/mol. The average molecular weight is 291 g/mol. The Morgan fingerprint density at radius 1 is 1.19 bits per heavy atom. The summed E-state index contributed by atoms with van der Waals surface area (Å²) in [5, 5.41) is 13.9. The summed E-state index contributed by atoms with van der Waals surface area (Å²) < 4.78 is 0. The topological polar surface area (TPSA) is 38.7 Å². The van der Waals surface area contributed by atoms with Gasteiger partial charge in [-0.3, -0.25) is 4.90 Å². The van der Waals surface area contributed by atoms with Gasteiger partial charge in [-0.2, -0.15) is 0 Å². The summed E-state index contributed by atoms with van der Waals surface area (Å²) >= 11 is 0. The number of anilines is 1. The monoisotopic (exact) mass is 291 g/mol. The summed E-state index contributed by atoms with van der Waals surface area (Å²) in [5.74, 6) is 0.435. The van der Waals surface area contributed by atoms with Gasteiger partial charge in [0.05, 0.1) is 0 Å². The molecule has 2 rings (SSSR count). The van der Waals surface area contributed by atoms with Gasteiger partial charge in [0.15, 0.2) is 0 Å². The number of benzene rings is 1. The molecule has 21 heavy (non-hydrogen) atoms. The molecule has 1 saturated heterocycles. The van der Waals surface area contributed by atoms with Crippen LogP contribution in [0.4, 0.5) is 5.69 Å². The highest BCUT2D eigenvalue weighted by atomic mass is 16.3. The van der Waals surface area contributed by atoms with Crippen LogP contribution in [-0.4, -0.2) is 49.3 Å². The van der Waals surface area contributed by atoms with E-state index in [-0.39, 0.29) is 0 Å². The normalized spacial score (nSPS) is 17.7. The smallest absolute Gasteiger partial charge is 0.122 e. The van der Waals surface area contributed by atoms with Crippen molar-refractivity contribution in [3.8, 4) is 5.75 Å². The molecule has 0 radical (unpaired) electrons. The number of phenolic OH excluding ortho intramolecular Hbond substituents is 1. The van der Waals surface area contributed by atoms with E-state index in [0.717, 1.165) is 56.9 Å². The van der Waals surface area contributed by atoms with Crippen LogP contribution in [0.25, 0.3) is 0 Å². The Kier molecular flexibility index (Phi) is 5.88. The van der Waals surface area contributed by atoms with E-state index in [2.05, 4.69) is 48.0 Å². The van der Waals surface area contributed by atoms with Crippen LogP contribution in [0.3, 0.4) is 0 Å². The van der Waals surface area contributed by atoms with Gasteiger partial charge in [0.2, 0.25) is 0 Å². The second kappa shape index (κ2) is 7.66. The van der Waals surface area contributed by atoms with Crippen LogP contribution in [0.1, 0.15) is 38.8 Å². The molecule has 0 spiro atoms. The number of aromatic hydroxyl groups is 1. The van der Waals surface area contributed by atoms with Gasteiger partial charge in [-0.15, -0.1) is 0 Å². The number of piperazine rings is 1. The first-order valence-electron chi connectivity index (χ1n) is 8.23. The first-order chi connectivity index (χ1) is 10.2. The molecule has 0 saturated carbocycles. The lowest BCUT2D eigenvalue weighted by atomic mass is 10.00. The molecule has 0 aromatic heterocycles. The third-order valence-electron chi connectivity index (χ3n) is 4.48. The van der Waals surface area contributed by atoms with Gasteiger partial charge in [0.25, 0.3) is 0 Å². The molecule has 0 aliphatic carbocycles. The Morgan fingerprint density at radius 3 is 2.38 bits per heavy atom. The van der Waals surface area contributed by atoms with E-state index in [1.807, 2.05) is 6.07 Å². The van der Waals surface area contributed by atoms with E-state index in [1.54, 1.807) is 0 Å². The highest BCUT2D eigenvalue weighted by Crippen LogP contribution is 2.34. The number of hydrogen-bond donors (Lipinski definition) is 2. The lowest BCUT2D eigenvalue weighted by Gasteiger charge is -2.35. The van der Waals surface area contributed by atoms with Crippen LogP contribution in [0, 0.1) is 0 Å². The Bertz CT molecular complexity index is 440. The van der Waals surface area contributed by atoms with E-state index in [1.165, 1.54) is 0 Å². The van der Waals surface area contributed by atoms with Crippen molar-refractivity contribution in [2.24, 2.45) is 0 Å². The number of nitrogens with one attached hydrogen (secondary N) is 1. The first kappa shape index (κ1) is 16.1. The summed E-state index contributed by atoms with van der Waals surface area (Å²) in [6.07, 6.45) is 1.03. The molecule has 0 unspecified atom stereocenters. The minimum absolute atomic E-state index is 0.317. The fraction of sp³-hybridized carbons (Fsp3) is 0.647. The lowest BCUT2D eigenvalue weighted by Crippen LogP contribution is -2.45. The predicted molar refractivity (Wildman–Crippen MR) is 89.1 cm³/mol. The maximum Gasteiger partial charge on any atom is 0.122 e. The van der Waals surface area contributed by atoms with Crippen molar-refractivity contribution in [2.45, 2.75) is 33.2 Å². The molecule has 1 aliphatic rings. The van der Waals surface area contributed by atoms with Gasteiger partial charge in [-0.1, -0.05) is 13.0 Å². The number of hydrogen-bond acceptors (Lipinski definition) is 4. The Morgan fingerprint density at radius 2 is 1.86 bits per heavy atom. The minimum atomic E-state index is 0.317. The van der Waals surface area contributed by atoms with Crippen molar-refractivity contribution in [1.82, 2.24) is 10.2 Å². The Hall–Kier alpha value is -1.26. The molecule has 1 aromatic carbocycles. The summed E-state index contributed by atoms with van der Waals surface area (Å²) in [6, 6.07) is 6.50. The molecule has 1 aliphatic heterocycles. The van der Waals surface area contributed by atoms with Gasteiger partial charge in [0, 0.05) is 62.6 Å². The maximum absolute atomic E-state index is 10.5. The van der Waals surface area contributed by atoms with Crippen molar-refractivity contribution in [2.75, 3.05) is 44.2 Å². The zero-order valence-electron chi connectivity index (χ0n) is 13.6. The molecule has 118 valence electrons. The largest absolute Gasteiger partial charge is 0.508 e. The van der Waals surface area contributed by atoms with Crippen LogP contribution >= 0.6 is 0 Å². The van der Waals surface area contributed by atoms with Crippen LogP contribution in [0.5, 0.6) is 5.75 Å². The van der Waals surface area contributed by atoms with E-state index < -0.39 is 0 Å². The van der Waals surface area contributed by atoms with Gasteiger partial charge in [-0.05, 0) is 26.3 Å². The van der Waals surface area contributed by atoms with E-state index >= 15 is 0 Å². The highest BCUT2D eigenvalue weighted by Gasteiger charge is 2.23. The van der Waals surface area contributed by atoms with Gasteiger partial charge in [0.1, 0.15) is 5.75 Å². The number of nitrogens with zero attached hydrogens (tertiary/aromatic N) is 2. The summed E-state index contributed by atoms with van der Waals surface area (Å²) in [4.78, 5) is 4.73. The van der Waals surface area contributed by atoms with Crippen molar-refractivity contribution in [3.63, 3.8) is 0 Å². The van der Waals surface area contributed by atoms with E-state index in [9.17, 15) is 5.11 Å². The molecule has 0 amide bonds. The first-order valence-corrected chi connectivity index (χ1v) is 8.23. The summed E-state index contributed by atoms with van der Waals surface area (Å²) in [5.41, 5.74) is 2.17. The third kappa shape index (κ3) is 3.69. The van der Waals surface area contributed by atoms with E-state index in [4.69, 9.17) is 0 Å². The molecule has 4 nitrogen and oxygen atoms in total. The number of phenols is 1. The van der Waals surface area contributed by atoms with Crippen LogP contribution in [-0.2, 0) is 0 Å². The zero-order chi connectivity index (χ0) is 15.2. The molecule has 1 heterocycles. The van der Waals surface area contributed by atoms with Gasteiger partial charge < -0.3 is 15.3 Å². The average Bonchev–Trinajstić information content (AvgIpc) is 2.52. The lowest BCUT2D eigenvalue weighted by molar-refractivity contribution is 0.167. The Balaban J connectivity index is 2.21. The predicted octanol–water partition coefficient (Wildman–Crippen LogP) is 2.59. The number of rotatable bonds is 6. The molecule has 2 N–H and O–H groups in total. The van der Waals surface area contributed by atoms with Crippen LogP contribution in [0.2, 0.25) is 0 Å². The molecular formula is C17H29N3O. The summed E-state index contributed by atoms with van der Waals surface area (Å²) in [7, 11) is 0. The van der Waals surface area contributed by atoms with Crippen LogP contribution in [0.15, 0.2) is 18.2 Å². The van der Waals surface area contributed by atoms with Crippen molar-refractivity contribution in [3.05, 3.63) is 23.8 Å². The van der Waals surface area contributed by atoms with Crippen molar-refractivity contribution < 1.29 is 5.11 Å². The summed E-state index contributed by atoms with van der Waals surface area (Å²) in [6.45, 7) is 12.6. The third-order valence-corrected chi connectivity index (χ3v) is 4.48. The second-order valence-electron chi connectivity index (χ2n) is 5.63. The van der Waals surface area contributed by atoms with Crippen LogP contribution < -0.4 is 10.2 Å². The SMILES string of the molecule is CC[C@@H](c1ccc(N(CC)CC)cc1O)N1CCNCC1. The minimum Gasteiger partial charge on any atom is -0.508 e. The fourth-order valence-corrected chi connectivity index (χ4v) is 3.27. The highest BCUT2D eigenvalue weighted by molar-refractivity contribution is 5.54. The van der Waals surface area contributed by atoms with Crippen molar-refractivity contribution in [1.29, 1.82) is 0 Å². The van der Waals surface area contributed by atoms with Gasteiger partial charge in [-0.25, -0.2) is 0 Å².